The van der Waals surface area contributed by atoms with E-state index in [-0.39, 0.29) is 17.9 Å². The topological polar surface area (TPSA) is 63.2 Å². The van der Waals surface area contributed by atoms with Crippen LogP contribution in [0.2, 0.25) is 0 Å². The summed E-state index contributed by atoms with van der Waals surface area (Å²) in [6.07, 6.45) is 9.00. The standard InChI is InChI=1S/C19H26N2O3/c1-24-16-11-9-15(10-12-16)21-18(22)13-17(19(21)23)20-14-7-5-3-2-4-6-8-14/h9-12,14,17,20H,2-8,13H2,1H3/p+1/t17-/m0/s1. The van der Waals surface area contributed by atoms with Gasteiger partial charge in [0.2, 0.25) is 5.91 Å². The Morgan fingerprint density at radius 2 is 1.62 bits per heavy atom. The van der Waals surface area contributed by atoms with Gasteiger partial charge in [-0.05, 0) is 49.9 Å². The van der Waals surface area contributed by atoms with Crippen molar-refractivity contribution in [2.45, 2.75) is 63.5 Å². The first-order chi connectivity index (χ1) is 11.7. The summed E-state index contributed by atoms with van der Waals surface area (Å²) in [5.74, 6) is 0.542. The molecule has 1 atom stereocenters. The van der Waals surface area contributed by atoms with E-state index in [2.05, 4.69) is 5.32 Å². The Bertz CT molecular complexity index is 577. The third-order valence-corrected chi connectivity index (χ3v) is 5.17. The number of hydrogen-bond donors (Lipinski definition) is 1. The van der Waals surface area contributed by atoms with Crippen molar-refractivity contribution in [1.82, 2.24) is 0 Å². The van der Waals surface area contributed by atoms with Crippen LogP contribution in [0.3, 0.4) is 0 Å². The van der Waals surface area contributed by atoms with Gasteiger partial charge in [0, 0.05) is 0 Å². The van der Waals surface area contributed by atoms with E-state index < -0.39 is 0 Å². The summed E-state index contributed by atoms with van der Waals surface area (Å²) < 4.78 is 5.13. The number of amides is 2. The fourth-order valence-electron chi connectivity index (χ4n) is 3.82. The van der Waals surface area contributed by atoms with Gasteiger partial charge in [-0.3, -0.25) is 9.59 Å². The van der Waals surface area contributed by atoms with Crippen molar-refractivity contribution >= 4 is 17.5 Å². The zero-order valence-electron chi connectivity index (χ0n) is 14.4. The van der Waals surface area contributed by atoms with Crippen LogP contribution in [0.25, 0.3) is 0 Å². The molecule has 0 aromatic heterocycles. The van der Waals surface area contributed by atoms with Gasteiger partial charge in [-0.2, -0.15) is 0 Å². The average molecular weight is 331 g/mol. The zero-order chi connectivity index (χ0) is 16.9. The number of imide groups is 1. The minimum atomic E-state index is -0.260. The highest BCUT2D eigenvalue weighted by Gasteiger charge is 2.43. The van der Waals surface area contributed by atoms with Crippen LogP contribution in [0.1, 0.15) is 51.4 Å². The van der Waals surface area contributed by atoms with Crippen LogP contribution in [0.5, 0.6) is 5.75 Å². The molecule has 0 unspecified atom stereocenters. The lowest BCUT2D eigenvalue weighted by molar-refractivity contribution is -0.709. The van der Waals surface area contributed by atoms with Crippen LogP contribution in [0.4, 0.5) is 5.69 Å². The van der Waals surface area contributed by atoms with Crippen LogP contribution in [-0.4, -0.2) is 31.0 Å². The van der Waals surface area contributed by atoms with Gasteiger partial charge >= 0.3 is 0 Å². The minimum Gasteiger partial charge on any atom is -0.497 e. The Labute approximate surface area is 143 Å². The molecule has 130 valence electrons. The van der Waals surface area contributed by atoms with E-state index in [1.807, 2.05) is 0 Å². The number of rotatable bonds is 4. The molecule has 1 aromatic carbocycles. The largest absolute Gasteiger partial charge is 0.497 e. The number of nitrogens with two attached hydrogens (primary N) is 1. The summed E-state index contributed by atoms with van der Waals surface area (Å²) >= 11 is 0. The van der Waals surface area contributed by atoms with E-state index in [1.165, 1.54) is 37.0 Å². The van der Waals surface area contributed by atoms with E-state index in [0.29, 0.717) is 18.2 Å². The molecule has 5 heteroatoms. The van der Waals surface area contributed by atoms with Crippen LogP contribution in [-0.2, 0) is 9.59 Å². The Morgan fingerprint density at radius 1 is 1.00 bits per heavy atom. The SMILES string of the molecule is COc1ccc(N2C(=O)C[C@H]([NH2+]C3CCCCCCC3)C2=O)cc1. The molecule has 0 spiro atoms. The number of anilines is 1. The summed E-state index contributed by atoms with van der Waals surface area (Å²) in [5.41, 5.74) is 0.638. The van der Waals surface area contributed by atoms with Gasteiger partial charge in [0.15, 0.2) is 6.04 Å². The maximum atomic E-state index is 12.7. The number of quaternary nitrogens is 1. The lowest BCUT2D eigenvalue weighted by Crippen LogP contribution is -2.96. The summed E-state index contributed by atoms with van der Waals surface area (Å²) in [4.78, 5) is 26.4. The third kappa shape index (κ3) is 3.78. The van der Waals surface area contributed by atoms with Crippen molar-refractivity contribution in [2.75, 3.05) is 12.0 Å². The lowest BCUT2D eigenvalue weighted by Gasteiger charge is -2.21. The predicted molar refractivity (Wildman–Crippen MR) is 91.9 cm³/mol. The fraction of sp³-hybridized carbons (Fsp3) is 0.579. The lowest BCUT2D eigenvalue weighted by atomic mass is 9.96. The Hall–Kier alpha value is -1.88. The van der Waals surface area contributed by atoms with Gasteiger partial charge < -0.3 is 10.1 Å². The van der Waals surface area contributed by atoms with Gasteiger partial charge in [0.1, 0.15) is 5.75 Å². The normalized spacial score (nSPS) is 23.2. The molecular formula is C19H27N2O3+. The molecule has 1 aromatic rings. The number of benzene rings is 1. The number of carbonyl (C=O) groups excluding carboxylic acids is 2. The first-order valence-electron chi connectivity index (χ1n) is 9.05. The zero-order valence-corrected chi connectivity index (χ0v) is 14.4. The molecule has 1 aliphatic carbocycles. The third-order valence-electron chi connectivity index (χ3n) is 5.17. The summed E-state index contributed by atoms with van der Waals surface area (Å²) in [6.45, 7) is 0. The van der Waals surface area contributed by atoms with Crippen molar-refractivity contribution in [3.63, 3.8) is 0 Å². The highest BCUT2D eigenvalue weighted by Crippen LogP contribution is 2.24. The number of methoxy groups -OCH3 is 1. The molecule has 5 nitrogen and oxygen atoms in total. The minimum absolute atomic E-state index is 0.0766. The smallest absolute Gasteiger partial charge is 0.292 e. The molecule has 24 heavy (non-hydrogen) atoms. The van der Waals surface area contributed by atoms with Crippen molar-refractivity contribution in [1.29, 1.82) is 0 Å². The van der Waals surface area contributed by atoms with Crippen molar-refractivity contribution < 1.29 is 19.6 Å². The van der Waals surface area contributed by atoms with E-state index in [9.17, 15) is 9.59 Å². The first kappa shape index (κ1) is 17.0. The van der Waals surface area contributed by atoms with Crippen LogP contribution < -0.4 is 15.0 Å². The highest BCUT2D eigenvalue weighted by atomic mass is 16.5. The van der Waals surface area contributed by atoms with E-state index >= 15 is 0 Å². The number of ether oxygens (including phenoxy) is 1. The predicted octanol–water partition coefficient (Wildman–Crippen LogP) is 2.00. The Kier molecular flexibility index (Phi) is 5.51. The number of hydrogen-bond acceptors (Lipinski definition) is 3. The summed E-state index contributed by atoms with van der Waals surface area (Å²) in [7, 11) is 1.60. The molecule has 1 saturated carbocycles. The molecule has 1 aliphatic heterocycles. The quantitative estimate of drug-likeness (QED) is 0.859. The molecule has 2 fully saturated rings. The van der Waals surface area contributed by atoms with Gasteiger partial charge in [-0.15, -0.1) is 0 Å². The van der Waals surface area contributed by atoms with Crippen LogP contribution in [0, 0.1) is 0 Å². The monoisotopic (exact) mass is 331 g/mol. The second-order valence-corrected chi connectivity index (χ2v) is 6.87. The van der Waals surface area contributed by atoms with Crippen molar-refractivity contribution in [3.05, 3.63) is 24.3 Å². The molecule has 3 rings (SSSR count). The molecule has 0 radical (unpaired) electrons. The van der Waals surface area contributed by atoms with Gasteiger partial charge in [-0.1, -0.05) is 19.3 Å². The Balaban J connectivity index is 1.66. The van der Waals surface area contributed by atoms with E-state index in [1.54, 1.807) is 31.4 Å². The van der Waals surface area contributed by atoms with Crippen molar-refractivity contribution in [2.24, 2.45) is 0 Å². The van der Waals surface area contributed by atoms with E-state index in [4.69, 9.17) is 4.74 Å². The number of nitrogens with zero attached hydrogens (tertiary/aromatic N) is 1. The van der Waals surface area contributed by atoms with Crippen LogP contribution in [0.15, 0.2) is 24.3 Å². The Morgan fingerprint density at radius 3 is 2.25 bits per heavy atom. The van der Waals surface area contributed by atoms with Crippen molar-refractivity contribution in [3.8, 4) is 5.75 Å². The molecule has 2 N–H and O–H groups in total. The van der Waals surface area contributed by atoms with Gasteiger partial charge in [0.25, 0.3) is 5.91 Å². The summed E-state index contributed by atoms with van der Waals surface area (Å²) in [5, 5.41) is 2.16. The van der Waals surface area contributed by atoms with E-state index in [0.717, 1.165) is 18.6 Å². The molecule has 1 saturated heterocycles. The van der Waals surface area contributed by atoms with Crippen LogP contribution >= 0.6 is 0 Å². The maximum Gasteiger partial charge on any atom is 0.292 e. The average Bonchev–Trinajstić information content (AvgIpc) is 2.84. The first-order valence-corrected chi connectivity index (χ1v) is 9.05. The van der Waals surface area contributed by atoms with Gasteiger partial charge in [0.05, 0.1) is 25.3 Å². The highest BCUT2D eigenvalue weighted by molar-refractivity contribution is 6.21. The number of carbonyl (C=O) groups is 2. The molecule has 2 amide bonds. The summed E-state index contributed by atoms with van der Waals surface area (Å²) in [6, 6.07) is 7.32. The second kappa shape index (κ2) is 7.79. The molecule has 0 bridgehead atoms. The molecule has 1 heterocycles. The second-order valence-electron chi connectivity index (χ2n) is 6.87. The fourth-order valence-corrected chi connectivity index (χ4v) is 3.82. The van der Waals surface area contributed by atoms with Gasteiger partial charge in [-0.25, -0.2) is 4.90 Å². The maximum absolute atomic E-state index is 12.7. The molecule has 2 aliphatic rings. The molecular weight excluding hydrogens is 304 g/mol.